The molecule has 0 aliphatic carbocycles. The number of nitrogens with zero attached hydrogens (tertiary/aromatic N) is 2. The lowest BCUT2D eigenvalue weighted by Gasteiger charge is -2.12. The third kappa shape index (κ3) is 3.91. The SMILES string of the molecule is CCCc1noc(C(C(=O)OCC)c2cccc(Br)c2)n1. The van der Waals surface area contributed by atoms with E-state index in [4.69, 9.17) is 9.26 Å². The average molecular weight is 353 g/mol. The fourth-order valence-electron chi connectivity index (χ4n) is 2.00. The first-order valence-corrected chi connectivity index (χ1v) is 7.69. The molecule has 0 amide bonds. The molecule has 1 atom stereocenters. The van der Waals surface area contributed by atoms with Crippen molar-refractivity contribution in [1.82, 2.24) is 10.1 Å². The van der Waals surface area contributed by atoms with Gasteiger partial charge in [0.2, 0.25) is 5.89 Å². The van der Waals surface area contributed by atoms with E-state index in [1.54, 1.807) is 6.92 Å². The highest BCUT2D eigenvalue weighted by Gasteiger charge is 2.30. The van der Waals surface area contributed by atoms with Gasteiger partial charge in [-0.2, -0.15) is 4.98 Å². The molecule has 0 N–H and O–H groups in total. The Hall–Kier alpha value is -1.69. The third-order valence-electron chi connectivity index (χ3n) is 2.91. The van der Waals surface area contributed by atoms with Crippen LogP contribution in [-0.2, 0) is 16.0 Å². The van der Waals surface area contributed by atoms with Crippen molar-refractivity contribution in [3.63, 3.8) is 0 Å². The highest BCUT2D eigenvalue weighted by Crippen LogP contribution is 2.27. The van der Waals surface area contributed by atoms with E-state index in [-0.39, 0.29) is 11.9 Å². The van der Waals surface area contributed by atoms with Crippen LogP contribution in [0.5, 0.6) is 0 Å². The van der Waals surface area contributed by atoms with Crippen molar-refractivity contribution in [2.45, 2.75) is 32.6 Å². The number of benzene rings is 1. The fraction of sp³-hybridized carbons (Fsp3) is 0.400. The van der Waals surface area contributed by atoms with Crippen LogP contribution in [0.4, 0.5) is 0 Å². The second-order valence-corrected chi connectivity index (χ2v) is 5.45. The molecular weight excluding hydrogens is 336 g/mol. The minimum absolute atomic E-state index is 0.273. The summed E-state index contributed by atoms with van der Waals surface area (Å²) < 4.78 is 11.3. The van der Waals surface area contributed by atoms with E-state index >= 15 is 0 Å². The van der Waals surface area contributed by atoms with Crippen LogP contribution < -0.4 is 0 Å². The van der Waals surface area contributed by atoms with E-state index in [2.05, 4.69) is 26.1 Å². The number of esters is 1. The molecule has 1 aromatic carbocycles. The van der Waals surface area contributed by atoms with E-state index < -0.39 is 5.92 Å². The molecule has 0 aliphatic heterocycles. The lowest BCUT2D eigenvalue weighted by atomic mass is 9.99. The summed E-state index contributed by atoms with van der Waals surface area (Å²) >= 11 is 3.40. The lowest BCUT2D eigenvalue weighted by molar-refractivity contribution is -0.144. The summed E-state index contributed by atoms with van der Waals surface area (Å²) in [5.41, 5.74) is 0.759. The maximum Gasteiger partial charge on any atom is 0.323 e. The number of aryl methyl sites for hydroxylation is 1. The molecule has 2 rings (SSSR count). The van der Waals surface area contributed by atoms with Gasteiger partial charge in [-0.1, -0.05) is 40.1 Å². The van der Waals surface area contributed by atoms with E-state index in [0.29, 0.717) is 12.4 Å². The van der Waals surface area contributed by atoms with Gasteiger partial charge in [-0.3, -0.25) is 4.79 Å². The number of halogens is 1. The Morgan fingerprint density at radius 3 is 2.90 bits per heavy atom. The Morgan fingerprint density at radius 2 is 2.24 bits per heavy atom. The molecule has 0 fully saturated rings. The van der Waals surface area contributed by atoms with Crippen LogP contribution in [0.1, 0.15) is 43.5 Å². The number of hydrogen-bond donors (Lipinski definition) is 0. The monoisotopic (exact) mass is 352 g/mol. The van der Waals surface area contributed by atoms with Crippen LogP contribution in [0.25, 0.3) is 0 Å². The molecule has 0 spiro atoms. The van der Waals surface area contributed by atoms with E-state index in [1.807, 2.05) is 31.2 Å². The standard InChI is InChI=1S/C15H17BrN2O3/c1-3-6-12-17-14(21-18-12)13(15(19)20-4-2)10-7-5-8-11(16)9-10/h5,7-9,13H,3-4,6H2,1-2H3. The van der Waals surface area contributed by atoms with Crippen LogP contribution >= 0.6 is 15.9 Å². The molecule has 6 heteroatoms. The molecule has 0 radical (unpaired) electrons. The third-order valence-corrected chi connectivity index (χ3v) is 3.40. The number of carbonyl (C=O) groups excluding carboxylic acids is 1. The summed E-state index contributed by atoms with van der Waals surface area (Å²) in [7, 11) is 0. The number of aromatic nitrogens is 2. The summed E-state index contributed by atoms with van der Waals surface area (Å²) in [4.78, 5) is 16.6. The van der Waals surface area contributed by atoms with Crippen molar-refractivity contribution in [2.24, 2.45) is 0 Å². The van der Waals surface area contributed by atoms with Gasteiger partial charge in [-0.25, -0.2) is 0 Å². The van der Waals surface area contributed by atoms with Gasteiger partial charge in [-0.05, 0) is 31.0 Å². The molecule has 5 nitrogen and oxygen atoms in total. The smallest absolute Gasteiger partial charge is 0.323 e. The zero-order valence-corrected chi connectivity index (χ0v) is 13.6. The minimum atomic E-state index is -0.694. The second-order valence-electron chi connectivity index (χ2n) is 4.54. The van der Waals surface area contributed by atoms with Crippen molar-refractivity contribution < 1.29 is 14.1 Å². The van der Waals surface area contributed by atoms with E-state index in [0.717, 1.165) is 22.9 Å². The van der Waals surface area contributed by atoms with E-state index in [1.165, 1.54) is 0 Å². The second kappa shape index (κ2) is 7.36. The summed E-state index contributed by atoms with van der Waals surface area (Å²) in [5, 5.41) is 3.91. The van der Waals surface area contributed by atoms with Crippen LogP contribution in [-0.4, -0.2) is 22.7 Å². The fourth-order valence-corrected chi connectivity index (χ4v) is 2.42. The molecule has 1 unspecified atom stereocenters. The first kappa shape index (κ1) is 15.7. The van der Waals surface area contributed by atoms with Crippen LogP contribution in [0.2, 0.25) is 0 Å². The summed E-state index contributed by atoms with van der Waals surface area (Å²) in [6, 6.07) is 7.44. The normalized spacial score (nSPS) is 12.1. The van der Waals surface area contributed by atoms with Crippen LogP contribution in [0, 0.1) is 0 Å². The Labute approximate surface area is 131 Å². The number of hydrogen-bond acceptors (Lipinski definition) is 5. The molecule has 0 saturated heterocycles. The van der Waals surface area contributed by atoms with Gasteiger partial charge in [0.25, 0.3) is 0 Å². The summed E-state index contributed by atoms with van der Waals surface area (Å²) in [6.07, 6.45) is 1.64. The first-order chi connectivity index (χ1) is 10.2. The zero-order valence-electron chi connectivity index (χ0n) is 12.0. The Kier molecular flexibility index (Phi) is 5.50. The van der Waals surface area contributed by atoms with Gasteiger partial charge in [0.15, 0.2) is 11.7 Å². The summed E-state index contributed by atoms with van der Waals surface area (Å²) in [6.45, 7) is 4.11. The Morgan fingerprint density at radius 1 is 1.43 bits per heavy atom. The lowest BCUT2D eigenvalue weighted by Crippen LogP contribution is -2.17. The van der Waals surface area contributed by atoms with Gasteiger partial charge < -0.3 is 9.26 Å². The molecule has 1 heterocycles. The zero-order chi connectivity index (χ0) is 15.2. The molecule has 0 saturated carbocycles. The van der Waals surface area contributed by atoms with E-state index in [9.17, 15) is 4.79 Å². The van der Waals surface area contributed by atoms with Gasteiger partial charge in [-0.15, -0.1) is 0 Å². The Balaban J connectivity index is 2.37. The molecule has 21 heavy (non-hydrogen) atoms. The number of rotatable bonds is 6. The molecule has 0 aliphatic rings. The largest absolute Gasteiger partial charge is 0.465 e. The molecule has 112 valence electrons. The maximum absolute atomic E-state index is 12.3. The Bertz CT molecular complexity index is 612. The molecular formula is C15H17BrN2O3. The van der Waals surface area contributed by atoms with Gasteiger partial charge in [0, 0.05) is 10.9 Å². The van der Waals surface area contributed by atoms with Crippen LogP contribution in [0.3, 0.4) is 0 Å². The topological polar surface area (TPSA) is 65.2 Å². The van der Waals surface area contributed by atoms with Gasteiger partial charge in [0.05, 0.1) is 6.61 Å². The van der Waals surface area contributed by atoms with Crippen molar-refractivity contribution in [2.75, 3.05) is 6.61 Å². The van der Waals surface area contributed by atoms with Gasteiger partial charge in [0.1, 0.15) is 0 Å². The van der Waals surface area contributed by atoms with Crippen molar-refractivity contribution >= 4 is 21.9 Å². The molecule has 1 aromatic heterocycles. The highest BCUT2D eigenvalue weighted by atomic mass is 79.9. The minimum Gasteiger partial charge on any atom is -0.465 e. The van der Waals surface area contributed by atoms with Crippen molar-refractivity contribution in [1.29, 1.82) is 0 Å². The predicted octanol–water partition coefficient (Wildman–Crippen LogP) is 3.48. The maximum atomic E-state index is 12.3. The molecule has 0 bridgehead atoms. The average Bonchev–Trinajstić information content (AvgIpc) is 2.88. The van der Waals surface area contributed by atoms with Gasteiger partial charge >= 0.3 is 5.97 Å². The van der Waals surface area contributed by atoms with Crippen molar-refractivity contribution in [3.8, 4) is 0 Å². The van der Waals surface area contributed by atoms with Crippen molar-refractivity contribution in [3.05, 3.63) is 46.0 Å². The number of carbonyl (C=O) groups is 1. The molecule has 2 aromatic rings. The predicted molar refractivity (Wildman–Crippen MR) is 80.9 cm³/mol. The summed E-state index contributed by atoms with van der Waals surface area (Å²) in [5.74, 6) is -0.199. The highest BCUT2D eigenvalue weighted by molar-refractivity contribution is 9.10. The first-order valence-electron chi connectivity index (χ1n) is 6.90. The number of ether oxygens (including phenoxy) is 1. The quantitative estimate of drug-likeness (QED) is 0.744. The van der Waals surface area contributed by atoms with Crippen LogP contribution in [0.15, 0.2) is 33.3 Å².